The van der Waals surface area contributed by atoms with Gasteiger partial charge < -0.3 is 15.8 Å². The fourth-order valence-electron chi connectivity index (χ4n) is 1.42. The summed E-state index contributed by atoms with van der Waals surface area (Å²) in [6.07, 6.45) is 1.57. The number of hydrogen-bond acceptors (Lipinski definition) is 3. The molecule has 0 saturated carbocycles. The van der Waals surface area contributed by atoms with Crippen LogP contribution in [0.15, 0.2) is 24.3 Å². The van der Waals surface area contributed by atoms with Gasteiger partial charge in [-0.1, -0.05) is 25.5 Å². The Morgan fingerprint density at radius 1 is 1.50 bits per heavy atom. The quantitative estimate of drug-likeness (QED) is 0.798. The van der Waals surface area contributed by atoms with Crippen LogP contribution in [-0.2, 0) is 4.79 Å². The van der Waals surface area contributed by atoms with Gasteiger partial charge in [-0.3, -0.25) is 4.79 Å². The number of benzene rings is 1. The van der Waals surface area contributed by atoms with Crippen LogP contribution in [0.5, 0.6) is 5.75 Å². The van der Waals surface area contributed by atoms with E-state index in [9.17, 15) is 4.79 Å². The van der Waals surface area contributed by atoms with Gasteiger partial charge in [-0.2, -0.15) is 0 Å². The molecular weight excluding hydrogens is 204 g/mol. The number of carbonyl (C=O) groups is 1. The highest BCUT2D eigenvalue weighted by molar-refractivity contribution is 5.95. The summed E-state index contributed by atoms with van der Waals surface area (Å²) in [4.78, 5) is 11.7. The van der Waals surface area contributed by atoms with Crippen molar-refractivity contribution >= 4 is 11.6 Å². The molecule has 1 aromatic rings. The third-order valence-electron chi connectivity index (χ3n) is 2.30. The molecule has 0 saturated heterocycles. The van der Waals surface area contributed by atoms with Crippen molar-refractivity contribution in [2.24, 2.45) is 5.73 Å². The fourth-order valence-corrected chi connectivity index (χ4v) is 1.42. The van der Waals surface area contributed by atoms with Crippen LogP contribution < -0.4 is 15.8 Å². The van der Waals surface area contributed by atoms with E-state index in [2.05, 4.69) is 5.32 Å². The highest BCUT2D eigenvalue weighted by Crippen LogP contribution is 2.23. The summed E-state index contributed by atoms with van der Waals surface area (Å²) in [5.41, 5.74) is 6.37. The maximum Gasteiger partial charge on any atom is 0.241 e. The summed E-state index contributed by atoms with van der Waals surface area (Å²) in [7, 11) is 1.57. The predicted molar refractivity (Wildman–Crippen MR) is 64.5 cm³/mol. The van der Waals surface area contributed by atoms with E-state index in [4.69, 9.17) is 10.5 Å². The van der Waals surface area contributed by atoms with Crippen molar-refractivity contribution in [3.63, 3.8) is 0 Å². The average Bonchev–Trinajstić information content (AvgIpc) is 2.30. The highest BCUT2D eigenvalue weighted by Gasteiger charge is 2.13. The van der Waals surface area contributed by atoms with Crippen LogP contribution in [0.4, 0.5) is 5.69 Å². The SMILES string of the molecule is CCCC(N)C(=O)Nc1ccccc1OC. The Morgan fingerprint density at radius 3 is 2.81 bits per heavy atom. The normalized spacial score (nSPS) is 11.9. The molecule has 3 N–H and O–H groups in total. The van der Waals surface area contributed by atoms with Crippen molar-refractivity contribution in [3.8, 4) is 5.75 Å². The third kappa shape index (κ3) is 3.24. The monoisotopic (exact) mass is 222 g/mol. The van der Waals surface area contributed by atoms with Gasteiger partial charge in [0.1, 0.15) is 5.75 Å². The van der Waals surface area contributed by atoms with E-state index in [-0.39, 0.29) is 5.91 Å². The topological polar surface area (TPSA) is 64.4 Å². The number of anilines is 1. The van der Waals surface area contributed by atoms with Gasteiger partial charge in [-0.15, -0.1) is 0 Å². The van der Waals surface area contributed by atoms with Crippen LogP contribution in [0.25, 0.3) is 0 Å². The molecule has 0 radical (unpaired) electrons. The smallest absolute Gasteiger partial charge is 0.241 e. The molecule has 1 unspecified atom stereocenters. The second-order valence-corrected chi connectivity index (χ2v) is 3.58. The van der Waals surface area contributed by atoms with E-state index in [0.29, 0.717) is 17.9 Å². The van der Waals surface area contributed by atoms with Gasteiger partial charge in [0.15, 0.2) is 0 Å². The second kappa shape index (κ2) is 6.12. The Hall–Kier alpha value is -1.55. The van der Waals surface area contributed by atoms with Crippen LogP contribution in [-0.4, -0.2) is 19.1 Å². The summed E-state index contributed by atoms with van der Waals surface area (Å²) in [5.74, 6) is 0.464. The summed E-state index contributed by atoms with van der Waals surface area (Å²) in [6, 6.07) is 6.80. The number of nitrogens with one attached hydrogen (secondary N) is 1. The Balaban J connectivity index is 2.69. The van der Waals surface area contributed by atoms with Gasteiger partial charge in [-0.05, 0) is 18.6 Å². The van der Waals surface area contributed by atoms with Crippen LogP contribution in [0.2, 0.25) is 0 Å². The van der Waals surface area contributed by atoms with E-state index < -0.39 is 6.04 Å². The Labute approximate surface area is 95.8 Å². The maximum atomic E-state index is 11.7. The van der Waals surface area contributed by atoms with Gasteiger partial charge in [0.25, 0.3) is 0 Å². The lowest BCUT2D eigenvalue weighted by Gasteiger charge is -2.13. The van der Waals surface area contributed by atoms with E-state index in [1.165, 1.54) is 0 Å². The molecule has 0 aromatic heterocycles. The summed E-state index contributed by atoms with van der Waals surface area (Å²) in [5, 5.41) is 2.76. The minimum absolute atomic E-state index is 0.175. The van der Waals surface area contributed by atoms with Crippen molar-refractivity contribution in [2.75, 3.05) is 12.4 Å². The van der Waals surface area contributed by atoms with Gasteiger partial charge in [0.05, 0.1) is 18.8 Å². The summed E-state index contributed by atoms with van der Waals surface area (Å²) < 4.78 is 5.13. The molecule has 0 fully saturated rings. The van der Waals surface area contributed by atoms with Crippen LogP contribution >= 0.6 is 0 Å². The van der Waals surface area contributed by atoms with E-state index in [0.717, 1.165) is 6.42 Å². The van der Waals surface area contributed by atoms with Gasteiger partial charge in [0, 0.05) is 0 Å². The minimum atomic E-state index is -0.463. The van der Waals surface area contributed by atoms with Crippen LogP contribution in [0, 0.1) is 0 Å². The molecule has 1 atom stereocenters. The van der Waals surface area contributed by atoms with Crippen molar-refractivity contribution in [2.45, 2.75) is 25.8 Å². The van der Waals surface area contributed by atoms with Crippen molar-refractivity contribution in [1.29, 1.82) is 0 Å². The number of rotatable bonds is 5. The second-order valence-electron chi connectivity index (χ2n) is 3.58. The number of ether oxygens (including phenoxy) is 1. The lowest BCUT2D eigenvalue weighted by atomic mass is 10.1. The zero-order chi connectivity index (χ0) is 12.0. The molecule has 0 heterocycles. The largest absolute Gasteiger partial charge is 0.495 e. The first-order valence-corrected chi connectivity index (χ1v) is 5.38. The molecule has 16 heavy (non-hydrogen) atoms. The van der Waals surface area contributed by atoms with Gasteiger partial charge in [0.2, 0.25) is 5.91 Å². The van der Waals surface area contributed by atoms with Crippen LogP contribution in [0.1, 0.15) is 19.8 Å². The highest BCUT2D eigenvalue weighted by atomic mass is 16.5. The van der Waals surface area contributed by atoms with Gasteiger partial charge >= 0.3 is 0 Å². The molecule has 1 amide bonds. The fraction of sp³-hybridized carbons (Fsp3) is 0.417. The first kappa shape index (κ1) is 12.5. The van der Waals surface area contributed by atoms with Crippen LogP contribution in [0.3, 0.4) is 0 Å². The summed E-state index contributed by atoms with van der Waals surface area (Å²) >= 11 is 0. The average molecular weight is 222 g/mol. The number of para-hydroxylation sites is 2. The number of carbonyl (C=O) groups excluding carboxylic acids is 1. The molecule has 0 aliphatic heterocycles. The zero-order valence-electron chi connectivity index (χ0n) is 9.69. The molecule has 4 nitrogen and oxygen atoms in total. The van der Waals surface area contributed by atoms with E-state index in [1.807, 2.05) is 19.1 Å². The van der Waals surface area contributed by atoms with E-state index >= 15 is 0 Å². The Bertz CT molecular complexity index is 353. The lowest BCUT2D eigenvalue weighted by molar-refractivity contribution is -0.117. The molecular formula is C12H18N2O2. The molecule has 0 spiro atoms. The minimum Gasteiger partial charge on any atom is -0.495 e. The number of hydrogen-bond donors (Lipinski definition) is 2. The molecule has 4 heteroatoms. The molecule has 1 rings (SSSR count). The van der Waals surface area contributed by atoms with Gasteiger partial charge in [-0.25, -0.2) is 0 Å². The molecule has 0 bridgehead atoms. The standard InChI is InChI=1S/C12H18N2O2/c1-3-6-9(13)12(15)14-10-7-4-5-8-11(10)16-2/h4-5,7-9H,3,6,13H2,1-2H3,(H,14,15). The van der Waals surface area contributed by atoms with Crippen molar-refractivity contribution < 1.29 is 9.53 Å². The number of methoxy groups -OCH3 is 1. The molecule has 1 aromatic carbocycles. The first-order chi connectivity index (χ1) is 7.69. The lowest BCUT2D eigenvalue weighted by Crippen LogP contribution is -2.35. The van der Waals surface area contributed by atoms with Crippen molar-refractivity contribution in [1.82, 2.24) is 0 Å². The molecule has 0 aliphatic rings. The summed E-state index contributed by atoms with van der Waals surface area (Å²) in [6.45, 7) is 2.00. The Kier molecular flexibility index (Phi) is 4.79. The third-order valence-corrected chi connectivity index (χ3v) is 2.30. The molecule has 0 aliphatic carbocycles. The van der Waals surface area contributed by atoms with E-state index in [1.54, 1.807) is 19.2 Å². The maximum absolute atomic E-state index is 11.7. The number of nitrogens with two attached hydrogens (primary N) is 1. The number of amides is 1. The Morgan fingerprint density at radius 2 is 2.19 bits per heavy atom. The predicted octanol–water partition coefficient (Wildman–Crippen LogP) is 1.76. The molecule has 88 valence electrons. The van der Waals surface area contributed by atoms with Crippen molar-refractivity contribution in [3.05, 3.63) is 24.3 Å². The zero-order valence-corrected chi connectivity index (χ0v) is 9.69. The first-order valence-electron chi connectivity index (χ1n) is 5.38.